The largest absolute Gasteiger partial charge is 0.481 e. The van der Waals surface area contributed by atoms with Crippen LogP contribution in [0.2, 0.25) is 0 Å². The smallest absolute Gasteiger partial charge is 0.260 e. The summed E-state index contributed by atoms with van der Waals surface area (Å²) in [5.74, 6) is 0.666. The summed E-state index contributed by atoms with van der Waals surface area (Å²) in [5, 5.41) is 12.9. The second-order valence-corrected chi connectivity index (χ2v) is 6.17. The molecular formula is C17H23NO3. The predicted octanol–water partition coefficient (Wildman–Crippen LogP) is 2.49. The Morgan fingerprint density at radius 3 is 2.86 bits per heavy atom. The van der Waals surface area contributed by atoms with Crippen LogP contribution in [0.4, 0.5) is 0 Å². The van der Waals surface area contributed by atoms with E-state index in [-0.39, 0.29) is 12.0 Å². The van der Waals surface area contributed by atoms with Crippen molar-refractivity contribution in [2.24, 2.45) is 0 Å². The number of fused-ring (bicyclic) bond motifs is 1. The number of benzene rings is 1. The molecule has 0 radical (unpaired) electrons. The van der Waals surface area contributed by atoms with Crippen molar-refractivity contribution >= 4 is 5.91 Å². The minimum atomic E-state index is -0.491. The molecule has 1 aromatic rings. The highest BCUT2D eigenvalue weighted by Gasteiger charge is 2.23. The van der Waals surface area contributed by atoms with Crippen LogP contribution >= 0.6 is 0 Å². The third-order valence-corrected chi connectivity index (χ3v) is 4.54. The lowest BCUT2D eigenvalue weighted by atomic mass is 10.1. The zero-order valence-corrected chi connectivity index (χ0v) is 12.5. The topological polar surface area (TPSA) is 58.6 Å². The van der Waals surface area contributed by atoms with Gasteiger partial charge in [-0.25, -0.2) is 0 Å². The fourth-order valence-electron chi connectivity index (χ4n) is 3.29. The number of aryl methyl sites for hydroxylation is 1. The van der Waals surface area contributed by atoms with Gasteiger partial charge in [-0.1, -0.05) is 18.9 Å². The van der Waals surface area contributed by atoms with E-state index in [1.807, 2.05) is 18.2 Å². The fourth-order valence-corrected chi connectivity index (χ4v) is 3.29. The number of nitrogens with one attached hydrogen (secondary N) is 1. The quantitative estimate of drug-likeness (QED) is 0.895. The van der Waals surface area contributed by atoms with Crippen LogP contribution in [-0.4, -0.2) is 23.2 Å². The van der Waals surface area contributed by atoms with E-state index in [0.29, 0.717) is 11.8 Å². The van der Waals surface area contributed by atoms with Gasteiger partial charge in [0.2, 0.25) is 0 Å². The Labute approximate surface area is 125 Å². The second kappa shape index (κ2) is 6.06. The molecule has 2 N–H and O–H groups in total. The van der Waals surface area contributed by atoms with E-state index in [4.69, 9.17) is 4.74 Å². The Bertz CT molecular complexity index is 523. The van der Waals surface area contributed by atoms with Crippen molar-refractivity contribution in [3.05, 3.63) is 29.3 Å². The fraction of sp³-hybridized carbons (Fsp3) is 0.588. The van der Waals surface area contributed by atoms with E-state index in [1.54, 1.807) is 6.92 Å². The first-order valence-corrected chi connectivity index (χ1v) is 7.91. The molecule has 1 saturated carbocycles. The molecule has 0 spiro atoms. The van der Waals surface area contributed by atoms with Crippen molar-refractivity contribution in [1.82, 2.24) is 5.32 Å². The summed E-state index contributed by atoms with van der Waals surface area (Å²) in [6.07, 6.45) is 5.37. The summed E-state index contributed by atoms with van der Waals surface area (Å²) in [5.41, 5.74) is 2.12. The standard InChI is InChI=1S/C17H23NO3/c1-11(17(20)18-13-4-2-3-5-13)21-14-7-8-15-12(10-14)6-9-16(15)19/h7-8,10-11,13,16,19H,2-6,9H2,1H3,(H,18,20)/t11?,16-/m1/s1. The van der Waals surface area contributed by atoms with E-state index < -0.39 is 6.10 Å². The van der Waals surface area contributed by atoms with Crippen LogP contribution in [0, 0.1) is 0 Å². The first-order chi connectivity index (χ1) is 10.1. The third kappa shape index (κ3) is 3.21. The van der Waals surface area contributed by atoms with Crippen LogP contribution in [0.5, 0.6) is 5.75 Å². The number of carbonyl (C=O) groups excluding carboxylic acids is 1. The lowest BCUT2D eigenvalue weighted by Gasteiger charge is -2.18. The van der Waals surface area contributed by atoms with Gasteiger partial charge < -0.3 is 15.2 Å². The normalized spacial score (nSPS) is 22.9. The first-order valence-electron chi connectivity index (χ1n) is 7.91. The van der Waals surface area contributed by atoms with Crippen LogP contribution in [0.25, 0.3) is 0 Å². The van der Waals surface area contributed by atoms with Crippen molar-refractivity contribution in [3.63, 3.8) is 0 Å². The van der Waals surface area contributed by atoms with E-state index in [0.717, 1.165) is 36.8 Å². The molecule has 2 aliphatic carbocycles. The maximum atomic E-state index is 12.1. The summed E-state index contributed by atoms with van der Waals surface area (Å²) in [6, 6.07) is 6.01. The molecule has 2 aliphatic rings. The zero-order chi connectivity index (χ0) is 14.8. The molecule has 4 nitrogen and oxygen atoms in total. The Kier molecular flexibility index (Phi) is 4.15. The maximum Gasteiger partial charge on any atom is 0.260 e. The molecule has 0 aliphatic heterocycles. The van der Waals surface area contributed by atoms with Crippen molar-refractivity contribution in [3.8, 4) is 5.75 Å². The van der Waals surface area contributed by atoms with Gasteiger partial charge in [0, 0.05) is 6.04 Å². The minimum absolute atomic E-state index is 0.0394. The predicted molar refractivity (Wildman–Crippen MR) is 80.2 cm³/mol. The van der Waals surface area contributed by atoms with Gasteiger partial charge in [-0.2, -0.15) is 0 Å². The number of hydrogen-bond acceptors (Lipinski definition) is 3. The number of aliphatic hydroxyl groups is 1. The van der Waals surface area contributed by atoms with Gasteiger partial charge in [0.05, 0.1) is 6.10 Å². The molecule has 3 rings (SSSR count). The maximum absolute atomic E-state index is 12.1. The van der Waals surface area contributed by atoms with Crippen molar-refractivity contribution < 1.29 is 14.6 Å². The molecule has 2 atom stereocenters. The van der Waals surface area contributed by atoms with Gasteiger partial charge in [0.15, 0.2) is 6.10 Å². The van der Waals surface area contributed by atoms with Gasteiger partial charge in [0.25, 0.3) is 5.91 Å². The molecule has 21 heavy (non-hydrogen) atoms. The van der Waals surface area contributed by atoms with Crippen molar-refractivity contribution in [2.45, 2.75) is 63.7 Å². The Morgan fingerprint density at radius 1 is 1.33 bits per heavy atom. The van der Waals surface area contributed by atoms with Gasteiger partial charge in [-0.05, 0) is 55.9 Å². The molecular weight excluding hydrogens is 266 g/mol. The number of hydrogen-bond donors (Lipinski definition) is 2. The molecule has 0 saturated heterocycles. The van der Waals surface area contributed by atoms with Gasteiger partial charge >= 0.3 is 0 Å². The molecule has 0 bridgehead atoms. The summed E-state index contributed by atoms with van der Waals surface area (Å²) < 4.78 is 5.75. The lowest BCUT2D eigenvalue weighted by Crippen LogP contribution is -2.41. The monoisotopic (exact) mass is 289 g/mol. The van der Waals surface area contributed by atoms with E-state index >= 15 is 0 Å². The molecule has 0 heterocycles. The summed E-state index contributed by atoms with van der Waals surface area (Å²) >= 11 is 0. The van der Waals surface area contributed by atoms with E-state index in [9.17, 15) is 9.90 Å². The van der Waals surface area contributed by atoms with Crippen LogP contribution in [0.3, 0.4) is 0 Å². The second-order valence-electron chi connectivity index (χ2n) is 6.17. The van der Waals surface area contributed by atoms with Gasteiger partial charge in [-0.15, -0.1) is 0 Å². The van der Waals surface area contributed by atoms with Crippen molar-refractivity contribution in [1.29, 1.82) is 0 Å². The molecule has 1 unspecified atom stereocenters. The van der Waals surface area contributed by atoms with Gasteiger partial charge in [-0.3, -0.25) is 4.79 Å². The molecule has 0 aromatic heterocycles. The SMILES string of the molecule is CC(Oc1ccc2c(c1)CC[C@H]2O)C(=O)NC1CCCC1. The highest BCUT2D eigenvalue weighted by molar-refractivity contribution is 5.81. The highest BCUT2D eigenvalue weighted by atomic mass is 16.5. The lowest BCUT2D eigenvalue weighted by molar-refractivity contribution is -0.127. The summed E-state index contributed by atoms with van der Waals surface area (Å²) in [6.45, 7) is 1.78. The van der Waals surface area contributed by atoms with Crippen LogP contribution in [0.1, 0.15) is 56.3 Å². The highest BCUT2D eigenvalue weighted by Crippen LogP contribution is 2.33. The molecule has 4 heteroatoms. The number of carbonyl (C=O) groups is 1. The number of amides is 1. The molecule has 1 fully saturated rings. The van der Waals surface area contributed by atoms with Crippen LogP contribution in [-0.2, 0) is 11.2 Å². The number of aliphatic hydroxyl groups excluding tert-OH is 1. The molecule has 1 amide bonds. The summed E-state index contributed by atoms with van der Waals surface area (Å²) in [7, 11) is 0. The van der Waals surface area contributed by atoms with Crippen LogP contribution in [0.15, 0.2) is 18.2 Å². The van der Waals surface area contributed by atoms with Crippen LogP contribution < -0.4 is 10.1 Å². The van der Waals surface area contributed by atoms with Gasteiger partial charge in [0.1, 0.15) is 5.75 Å². The van der Waals surface area contributed by atoms with E-state index in [2.05, 4.69) is 5.32 Å². The Balaban J connectivity index is 1.59. The summed E-state index contributed by atoms with van der Waals surface area (Å²) in [4.78, 5) is 12.1. The number of ether oxygens (including phenoxy) is 1. The zero-order valence-electron chi connectivity index (χ0n) is 12.5. The Hall–Kier alpha value is -1.55. The molecule has 114 valence electrons. The Morgan fingerprint density at radius 2 is 2.10 bits per heavy atom. The minimum Gasteiger partial charge on any atom is -0.481 e. The number of rotatable bonds is 4. The average molecular weight is 289 g/mol. The first kappa shape index (κ1) is 14.4. The van der Waals surface area contributed by atoms with E-state index in [1.165, 1.54) is 12.8 Å². The third-order valence-electron chi connectivity index (χ3n) is 4.54. The molecule has 1 aromatic carbocycles. The van der Waals surface area contributed by atoms with Crippen molar-refractivity contribution in [2.75, 3.05) is 0 Å². The average Bonchev–Trinajstić information content (AvgIpc) is 3.09.